The van der Waals surface area contributed by atoms with Gasteiger partial charge in [-0.05, 0) is 24.1 Å². The molecule has 0 fully saturated rings. The molecule has 1 atom stereocenters. The summed E-state index contributed by atoms with van der Waals surface area (Å²) in [6.07, 6.45) is 0. The molecule has 2 aromatic rings. The van der Waals surface area contributed by atoms with Crippen LogP contribution in [0.1, 0.15) is 22.7 Å². The molecule has 0 bridgehead atoms. The molecule has 25 heavy (non-hydrogen) atoms. The third-order valence-corrected chi connectivity index (χ3v) is 3.66. The summed E-state index contributed by atoms with van der Waals surface area (Å²) in [5, 5.41) is 2.87. The Bertz CT molecular complexity index is 665. The van der Waals surface area contributed by atoms with Gasteiger partial charge in [-0.25, -0.2) is 0 Å². The van der Waals surface area contributed by atoms with Gasteiger partial charge in [-0.3, -0.25) is 4.79 Å². The van der Waals surface area contributed by atoms with Crippen LogP contribution in [0.25, 0.3) is 0 Å². The number of rotatable bonds is 8. The lowest BCUT2D eigenvalue weighted by molar-refractivity contribution is -0.122. The van der Waals surface area contributed by atoms with Gasteiger partial charge in [-0.2, -0.15) is 0 Å². The molecule has 2 aromatic carbocycles. The molecule has 0 spiro atoms. The first-order valence-corrected chi connectivity index (χ1v) is 7.91. The standard InChI is InChI=1S/C19H24N2O3.ClH/c1-14-8-9-16(17(12-14)24-11-10-23-2)13-21-19(22)18(20)15-6-4-3-5-7-15;/h3-9,12,18H,10-11,13,20H2,1-2H3,(H,21,22);1H. The van der Waals surface area contributed by atoms with Crippen molar-refractivity contribution in [2.24, 2.45) is 5.73 Å². The minimum absolute atomic E-state index is 0. The van der Waals surface area contributed by atoms with Crippen molar-refractivity contribution in [3.8, 4) is 5.75 Å². The number of amides is 1. The Balaban J connectivity index is 0.00000312. The quantitative estimate of drug-likeness (QED) is 0.706. The first-order chi connectivity index (χ1) is 11.6. The Morgan fingerprint density at radius 1 is 1.16 bits per heavy atom. The summed E-state index contributed by atoms with van der Waals surface area (Å²) in [6.45, 7) is 3.34. The molecule has 1 unspecified atom stereocenters. The number of ether oxygens (including phenoxy) is 2. The first kappa shape index (κ1) is 21.0. The second kappa shape index (κ2) is 10.7. The molecule has 0 aliphatic heterocycles. The van der Waals surface area contributed by atoms with Crippen LogP contribution < -0.4 is 15.8 Å². The van der Waals surface area contributed by atoms with Crippen molar-refractivity contribution in [2.45, 2.75) is 19.5 Å². The number of hydrogen-bond acceptors (Lipinski definition) is 4. The van der Waals surface area contributed by atoms with Gasteiger partial charge in [0.2, 0.25) is 5.91 Å². The highest BCUT2D eigenvalue weighted by Gasteiger charge is 2.15. The fraction of sp³-hybridized carbons (Fsp3) is 0.316. The monoisotopic (exact) mass is 364 g/mol. The second-order valence-electron chi connectivity index (χ2n) is 5.56. The fourth-order valence-electron chi connectivity index (χ4n) is 2.28. The highest BCUT2D eigenvalue weighted by Crippen LogP contribution is 2.20. The predicted molar refractivity (Wildman–Crippen MR) is 101 cm³/mol. The molecule has 0 aliphatic rings. The summed E-state index contributed by atoms with van der Waals surface area (Å²) >= 11 is 0. The molecule has 0 radical (unpaired) electrons. The summed E-state index contributed by atoms with van der Waals surface area (Å²) in [5.41, 5.74) is 8.79. The average molecular weight is 365 g/mol. The Morgan fingerprint density at radius 2 is 1.88 bits per heavy atom. The number of halogens is 1. The summed E-state index contributed by atoms with van der Waals surface area (Å²) in [5.74, 6) is 0.533. The van der Waals surface area contributed by atoms with Crippen molar-refractivity contribution in [1.29, 1.82) is 0 Å². The molecular weight excluding hydrogens is 340 g/mol. The Hall–Kier alpha value is -2.08. The van der Waals surface area contributed by atoms with E-state index in [0.29, 0.717) is 19.8 Å². The van der Waals surface area contributed by atoms with Crippen LogP contribution >= 0.6 is 12.4 Å². The van der Waals surface area contributed by atoms with Gasteiger partial charge in [0.1, 0.15) is 18.4 Å². The summed E-state index contributed by atoms with van der Waals surface area (Å²) in [4.78, 5) is 12.3. The fourth-order valence-corrected chi connectivity index (χ4v) is 2.28. The zero-order valence-electron chi connectivity index (χ0n) is 14.5. The van der Waals surface area contributed by atoms with Crippen LogP contribution in [-0.2, 0) is 16.1 Å². The van der Waals surface area contributed by atoms with Gasteiger partial charge >= 0.3 is 0 Å². The molecule has 0 saturated heterocycles. The van der Waals surface area contributed by atoms with Crippen molar-refractivity contribution in [3.05, 3.63) is 65.2 Å². The van der Waals surface area contributed by atoms with Gasteiger partial charge in [0.15, 0.2) is 0 Å². The molecule has 3 N–H and O–H groups in total. The van der Waals surface area contributed by atoms with Crippen molar-refractivity contribution < 1.29 is 14.3 Å². The van der Waals surface area contributed by atoms with E-state index in [9.17, 15) is 4.79 Å². The number of carbonyl (C=O) groups excluding carboxylic acids is 1. The number of aryl methyl sites for hydroxylation is 1. The number of benzene rings is 2. The Morgan fingerprint density at radius 3 is 2.56 bits per heavy atom. The summed E-state index contributed by atoms with van der Waals surface area (Å²) < 4.78 is 10.7. The molecule has 1 amide bonds. The highest BCUT2D eigenvalue weighted by molar-refractivity contribution is 5.85. The van der Waals surface area contributed by atoms with E-state index in [4.69, 9.17) is 15.2 Å². The van der Waals surface area contributed by atoms with Gasteiger partial charge in [0.25, 0.3) is 0 Å². The van der Waals surface area contributed by atoms with E-state index in [1.54, 1.807) is 7.11 Å². The van der Waals surface area contributed by atoms with Crippen LogP contribution in [0.5, 0.6) is 5.75 Å². The number of nitrogens with two attached hydrogens (primary N) is 1. The zero-order chi connectivity index (χ0) is 17.4. The molecule has 6 heteroatoms. The molecule has 0 aromatic heterocycles. The second-order valence-corrected chi connectivity index (χ2v) is 5.56. The van der Waals surface area contributed by atoms with Gasteiger partial charge in [-0.1, -0.05) is 42.5 Å². The lowest BCUT2D eigenvalue weighted by atomic mass is 10.1. The minimum Gasteiger partial charge on any atom is -0.491 e. The minimum atomic E-state index is -0.686. The van der Waals surface area contributed by atoms with Crippen LogP contribution in [0, 0.1) is 6.92 Å². The molecule has 136 valence electrons. The predicted octanol–water partition coefficient (Wildman–Crippen LogP) is 2.76. The van der Waals surface area contributed by atoms with Crippen molar-refractivity contribution in [3.63, 3.8) is 0 Å². The van der Waals surface area contributed by atoms with Gasteiger partial charge in [0, 0.05) is 19.2 Å². The van der Waals surface area contributed by atoms with Gasteiger partial charge in [-0.15, -0.1) is 12.4 Å². The molecule has 5 nitrogen and oxygen atoms in total. The topological polar surface area (TPSA) is 73.6 Å². The van der Waals surface area contributed by atoms with Gasteiger partial charge in [0.05, 0.1) is 6.61 Å². The largest absolute Gasteiger partial charge is 0.491 e. The summed E-state index contributed by atoms with van der Waals surface area (Å²) in [7, 11) is 1.63. The Labute approximate surface area is 154 Å². The number of carbonyl (C=O) groups is 1. The Kier molecular flexibility index (Phi) is 8.99. The van der Waals surface area contributed by atoms with Crippen LogP contribution in [0.4, 0.5) is 0 Å². The highest BCUT2D eigenvalue weighted by atomic mass is 35.5. The van der Waals surface area contributed by atoms with Crippen LogP contribution in [0.2, 0.25) is 0 Å². The molecule has 2 rings (SSSR count). The van der Waals surface area contributed by atoms with E-state index in [0.717, 1.165) is 22.4 Å². The smallest absolute Gasteiger partial charge is 0.241 e. The van der Waals surface area contributed by atoms with E-state index >= 15 is 0 Å². The third kappa shape index (κ3) is 6.38. The van der Waals surface area contributed by atoms with E-state index in [1.165, 1.54) is 0 Å². The van der Waals surface area contributed by atoms with Crippen LogP contribution in [-0.4, -0.2) is 26.2 Å². The molecule has 0 saturated carbocycles. The maximum Gasteiger partial charge on any atom is 0.241 e. The number of nitrogens with one attached hydrogen (secondary N) is 1. The summed E-state index contributed by atoms with van der Waals surface area (Å²) in [6, 6.07) is 14.5. The van der Waals surface area contributed by atoms with E-state index in [1.807, 2.05) is 55.5 Å². The average Bonchev–Trinajstić information content (AvgIpc) is 2.61. The van der Waals surface area contributed by atoms with Crippen LogP contribution in [0.15, 0.2) is 48.5 Å². The maximum absolute atomic E-state index is 12.3. The molecule has 0 aliphatic carbocycles. The number of methoxy groups -OCH3 is 1. The SMILES string of the molecule is COCCOc1cc(C)ccc1CNC(=O)C(N)c1ccccc1.Cl. The van der Waals surface area contributed by atoms with E-state index in [-0.39, 0.29) is 18.3 Å². The third-order valence-electron chi connectivity index (χ3n) is 3.66. The number of hydrogen-bond donors (Lipinski definition) is 2. The van der Waals surface area contributed by atoms with Crippen molar-refractivity contribution in [1.82, 2.24) is 5.32 Å². The van der Waals surface area contributed by atoms with Crippen LogP contribution in [0.3, 0.4) is 0 Å². The first-order valence-electron chi connectivity index (χ1n) is 7.91. The molecular formula is C19H25ClN2O3. The van der Waals surface area contributed by atoms with E-state index in [2.05, 4.69) is 5.32 Å². The van der Waals surface area contributed by atoms with Crippen molar-refractivity contribution >= 4 is 18.3 Å². The zero-order valence-corrected chi connectivity index (χ0v) is 15.3. The maximum atomic E-state index is 12.3. The van der Waals surface area contributed by atoms with Crippen molar-refractivity contribution in [2.75, 3.05) is 20.3 Å². The lowest BCUT2D eigenvalue weighted by Gasteiger charge is -2.15. The normalized spacial score (nSPS) is 11.3. The lowest BCUT2D eigenvalue weighted by Crippen LogP contribution is -2.33. The van der Waals surface area contributed by atoms with E-state index < -0.39 is 6.04 Å². The molecule has 0 heterocycles. The van der Waals surface area contributed by atoms with Gasteiger partial charge < -0.3 is 20.5 Å².